The second kappa shape index (κ2) is 5.50. The van der Waals surface area contributed by atoms with Gasteiger partial charge in [0.1, 0.15) is 0 Å². The Morgan fingerprint density at radius 3 is 2.42 bits per heavy atom. The van der Waals surface area contributed by atoms with E-state index in [9.17, 15) is 0 Å². The van der Waals surface area contributed by atoms with Gasteiger partial charge in [-0.3, -0.25) is 0 Å². The normalized spacial score (nSPS) is 13.4. The van der Waals surface area contributed by atoms with E-state index >= 15 is 0 Å². The maximum Gasteiger partial charge on any atom is 0.0551 e. The number of aliphatic hydroxyl groups excluding tert-OH is 1. The van der Waals surface area contributed by atoms with Gasteiger partial charge in [0, 0.05) is 10.7 Å². The van der Waals surface area contributed by atoms with Gasteiger partial charge in [-0.25, -0.2) is 0 Å². The molecule has 12 heavy (non-hydrogen) atoms. The van der Waals surface area contributed by atoms with Crippen LogP contribution in [-0.4, -0.2) is 22.7 Å². The van der Waals surface area contributed by atoms with Crippen molar-refractivity contribution < 1.29 is 5.11 Å². The van der Waals surface area contributed by atoms with Gasteiger partial charge in [-0.1, -0.05) is 18.8 Å². The Bertz CT molecular complexity index is 171. The second-order valence-corrected chi connectivity index (χ2v) is 5.28. The molecule has 0 radical (unpaired) electrons. The molecule has 0 heterocycles. The van der Waals surface area contributed by atoms with Crippen LogP contribution in [0.15, 0.2) is 0 Å². The maximum absolute atomic E-state index is 8.72. The Balaban J connectivity index is 3.60. The Kier molecular flexibility index (Phi) is 5.44. The molecule has 0 aromatic carbocycles. The smallest absolute Gasteiger partial charge is 0.0551 e. The molecule has 0 aliphatic rings. The third-order valence-electron chi connectivity index (χ3n) is 1.16. The van der Waals surface area contributed by atoms with Crippen LogP contribution in [0.1, 0.15) is 27.7 Å². The van der Waals surface area contributed by atoms with Crippen LogP contribution in [0.3, 0.4) is 0 Å². The Morgan fingerprint density at radius 2 is 2.00 bits per heavy atom. The molecule has 0 spiro atoms. The molecule has 0 amide bonds. The molecule has 0 rings (SSSR count). The number of hydrogen-bond acceptors (Lipinski definition) is 2. The van der Waals surface area contributed by atoms with Crippen molar-refractivity contribution in [3.63, 3.8) is 0 Å². The van der Waals surface area contributed by atoms with Gasteiger partial charge in [0.2, 0.25) is 0 Å². The molecule has 2 heteroatoms. The minimum Gasteiger partial charge on any atom is -0.395 e. The molecule has 1 nitrogen and oxygen atoms in total. The molecule has 1 N–H and O–H groups in total. The van der Waals surface area contributed by atoms with Crippen molar-refractivity contribution in [1.82, 2.24) is 0 Å². The van der Waals surface area contributed by atoms with Crippen LogP contribution in [0.5, 0.6) is 0 Å². The van der Waals surface area contributed by atoms with E-state index < -0.39 is 0 Å². The topological polar surface area (TPSA) is 20.2 Å². The summed E-state index contributed by atoms with van der Waals surface area (Å²) in [5.74, 6) is 7.06. The lowest BCUT2D eigenvalue weighted by atomic mass is 9.98. The first-order valence-corrected chi connectivity index (χ1v) is 5.23. The third-order valence-corrected chi connectivity index (χ3v) is 2.19. The Hall–Kier alpha value is -0.130. The van der Waals surface area contributed by atoms with Crippen LogP contribution in [0.4, 0.5) is 0 Å². The monoisotopic (exact) mass is 186 g/mol. The van der Waals surface area contributed by atoms with Gasteiger partial charge < -0.3 is 5.11 Å². The summed E-state index contributed by atoms with van der Waals surface area (Å²) in [4.78, 5) is 0. The van der Waals surface area contributed by atoms with Gasteiger partial charge >= 0.3 is 0 Å². The van der Waals surface area contributed by atoms with Gasteiger partial charge in [0.15, 0.2) is 0 Å². The molecule has 0 bridgehead atoms. The zero-order chi connectivity index (χ0) is 9.61. The van der Waals surface area contributed by atoms with Crippen molar-refractivity contribution in [2.75, 3.05) is 12.4 Å². The number of rotatable bonds is 3. The molecule has 0 aliphatic heterocycles. The van der Waals surface area contributed by atoms with Crippen LogP contribution in [0.2, 0.25) is 0 Å². The van der Waals surface area contributed by atoms with Crippen LogP contribution < -0.4 is 0 Å². The van der Waals surface area contributed by atoms with Crippen LogP contribution in [0, 0.1) is 17.3 Å². The number of aliphatic hydroxyl groups is 1. The quantitative estimate of drug-likeness (QED) is 0.682. The van der Waals surface area contributed by atoms with Crippen molar-refractivity contribution in [2.45, 2.75) is 32.9 Å². The van der Waals surface area contributed by atoms with E-state index in [0.29, 0.717) is 5.25 Å². The fourth-order valence-corrected chi connectivity index (χ4v) is 1.08. The molecule has 0 fully saturated rings. The van der Waals surface area contributed by atoms with E-state index in [1.165, 1.54) is 0 Å². The molecule has 0 saturated heterocycles. The minimum atomic E-state index is 0.100. The zero-order valence-electron chi connectivity index (χ0n) is 8.35. The predicted octanol–water partition coefficient (Wildman–Crippen LogP) is 2.15. The summed E-state index contributed by atoms with van der Waals surface area (Å²) in [6.07, 6.45) is 0. The molecule has 0 saturated carbocycles. The summed E-state index contributed by atoms with van der Waals surface area (Å²) >= 11 is 1.69. The lowest BCUT2D eigenvalue weighted by Gasteiger charge is -2.07. The molecule has 70 valence electrons. The Morgan fingerprint density at radius 1 is 1.42 bits per heavy atom. The van der Waals surface area contributed by atoms with Crippen LogP contribution >= 0.6 is 11.8 Å². The lowest BCUT2D eigenvalue weighted by Crippen LogP contribution is -2.03. The molecule has 0 aromatic rings. The largest absolute Gasteiger partial charge is 0.395 e. The summed E-state index contributed by atoms with van der Waals surface area (Å²) in [7, 11) is 0. The standard InChI is InChI=1S/C10H18OS/c1-9(8-11)12-7-5-6-10(2,3)4/h9,11H,7-8H2,1-4H3. The summed E-state index contributed by atoms with van der Waals surface area (Å²) in [6.45, 7) is 8.53. The van der Waals surface area contributed by atoms with E-state index in [-0.39, 0.29) is 12.0 Å². The van der Waals surface area contributed by atoms with Crippen molar-refractivity contribution in [3.05, 3.63) is 0 Å². The summed E-state index contributed by atoms with van der Waals surface area (Å²) in [5, 5.41) is 9.03. The molecule has 0 aliphatic carbocycles. The van der Waals surface area contributed by atoms with Gasteiger partial charge in [0.25, 0.3) is 0 Å². The van der Waals surface area contributed by atoms with E-state index in [0.717, 1.165) is 5.75 Å². The average Bonchev–Trinajstić information content (AvgIpc) is 1.96. The highest BCUT2D eigenvalue weighted by molar-refractivity contribution is 8.00. The molecule has 0 aromatic heterocycles. The molecular formula is C10H18OS. The molecule has 1 atom stereocenters. The first kappa shape index (κ1) is 11.9. The fraction of sp³-hybridized carbons (Fsp3) is 0.800. The van der Waals surface area contributed by atoms with Gasteiger partial charge in [-0.2, -0.15) is 0 Å². The lowest BCUT2D eigenvalue weighted by molar-refractivity contribution is 0.300. The minimum absolute atomic E-state index is 0.100. The highest BCUT2D eigenvalue weighted by Gasteiger charge is 2.03. The van der Waals surface area contributed by atoms with Gasteiger partial charge in [-0.15, -0.1) is 11.8 Å². The summed E-state index contributed by atoms with van der Waals surface area (Å²) < 4.78 is 0. The summed E-state index contributed by atoms with van der Waals surface area (Å²) in [6, 6.07) is 0. The maximum atomic E-state index is 8.72. The second-order valence-electron chi connectivity index (χ2n) is 3.86. The zero-order valence-corrected chi connectivity index (χ0v) is 9.16. The SMILES string of the molecule is CC(CO)SCC#CC(C)(C)C. The highest BCUT2D eigenvalue weighted by Crippen LogP contribution is 2.11. The van der Waals surface area contributed by atoms with E-state index in [1.807, 2.05) is 6.92 Å². The predicted molar refractivity (Wildman–Crippen MR) is 56.2 cm³/mol. The molecular weight excluding hydrogens is 168 g/mol. The first-order chi connectivity index (χ1) is 5.45. The Labute approximate surface area is 79.9 Å². The average molecular weight is 186 g/mol. The van der Waals surface area contributed by atoms with Gasteiger partial charge in [-0.05, 0) is 20.8 Å². The highest BCUT2D eigenvalue weighted by atomic mass is 32.2. The van der Waals surface area contributed by atoms with Crippen molar-refractivity contribution in [1.29, 1.82) is 0 Å². The fourth-order valence-electron chi connectivity index (χ4n) is 0.538. The van der Waals surface area contributed by atoms with E-state index in [2.05, 4.69) is 32.6 Å². The third kappa shape index (κ3) is 7.97. The summed E-state index contributed by atoms with van der Waals surface area (Å²) in [5.41, 5.74) is 0.100. The van der Waals surface area contributed by atoms with Crippen molar-refractivity contribution in [2.24, 2.45) is 5.41 Å². The van der Waals surface area contributed by atoms with Gasteiger partial charge in [0.05, 0.1) is 12.4 Å². The molecule has 1 unspecified atom stereocenters. The van der Waals surface area contributed by atoms with E-state index in [4.69, 9.17) is 5.11 Å². The van der Waals surface area contributed by atoms with Crippen molar-refractivity contribution >= 4 is 11.8 Å². The first-order valence-electron chi connectivity index (χ1n) is 4.18. The number of thioether (sulfide) groups is 1. The number of hydrogen-bond donors (Lipinski definition) is 1. The van der Waals surface area contributed by atoms with Crippen LogP contribution in [0.25, 0.3) is 0 Å². The van der Waals surface area contributed by atoms with Crippen molar-refractivity contribution in [3.8, 4) is 11.8 Å². The van der Waals surface area contributed by atoms with E-state index in [1.54, 1.807) is 11.8 Å². The van der Waals surface area contributed by atoms with Crippen LogP contribution in [-0.2, 0) is 0 Å².